The first-order valence-electron chi connectivity index (χ1n) is 3.43. The van der Waals surface area contributed by atoms with Gasteiger partial charge in [0, 0.05) is 0 Å². The van der Waals surface area contributed by atoms with Crippen molar-refractivity contribution < 1.29 is 14.3 Å². The summed E-state index contributed by atoms with van der Waals surface area (Å²) in [5.74, 6) is -0.0689. The number of hydrogen-bond acceptors (Lipinski definition) is 3. The van der Waals surface area contributed by atoms with Crippen LogP contribution in [0.15, 0.2) is 30.3 Å². The molecule has 0 atom stereocenters. The molecule has 0 bridgehead atoms. The van der Waals surface area contributed by atoms with Crippen LogP contribution >= 0.6 is 11.6 Å². The normalized spacial score (nSPS) is 7.85. The zero-order valence-corrected chi connectivity index (χ0v) is 7.82. The second-order valence-corrected chi connectivity index (χ2v) is 2.12. The van der Waals surface area contributed by atoms with Gasteiger partial charge in [-0.3, -0.25) is 4.79 Å². The fourth-order valence-corrected chi connectivity index (χ4v) is 0.692. The van der Waals surface area contributed by atoms with Crippen molar-refractivity contribution in [1.29, 1.82) is 0 Å². The van der Waals surface area contributed by atoms with Crippen molar-refractivity contribution in [3.8, 4) is 0 Å². The number of carbonyl (C=O) groups excluding carboxylic acids is 2. The molecule has 0 amide bonds. The molecule has 70 valence electrons. The van der Waals surface area contributed by atoms with Gasteiger partial charge in [0.1, 0.15) is 0 Å². The molecule has 1 rings (SSSR count). The number of hydrogen-bond donors (Lipinski definition) is 0. The lowest BCUT2D eigenvalue weighted by atomic mass is 10.2. The first-order valence-corrected chi connectivity index (χ1v) is 3.87. The third-order valence-corrected chi connectivity index (χ3v) is 1.19. The van der Waals surface area contributed by atoms with Crippen LogP contribution < -0.4 is 0 Å². The monoisotopic (exact) mass is 200 g/mol. The molecule has 4 heteroatoms. The van der Waals surface area contributed by atoms with Crippen molar-refractivity contribution in [3.05, 3.63) is 35.9 Å². The van der Waals surface area contributed by atoms with Crippen molar-refractivity contribution in [2.75, 3.05) is 7.11 Å². The fraction of sp³-hybridized carbons (Fsp3) is 0.111. The number of rotatable bonds is 1. The van der Waals surface area contributed by atoms with Gasteiger partial charge in [-0.25, -0.2) is 4.79 Å². The van der Waals surface area contributed by atoms with Gasteiger partial charge in [0.2, 0.25) is 5.75 Å². The summed E-state index contributed by atoms with van der Waals surface area (Å²) in [6.45, 7) is 0. The molecule has 13 heavy (non-hydrogen) atoms. The topological polar surface area (TPSA) is 43.4 Å². The summed E-state index contributed by atoms with van der Waals surface area (Å²) in [5, 5.41) is 0. The lowest BCUT2D eigenvalue weighted by molar-refractivity contribution is 0.0601. The molecule has 0 aliphatic rings. The Morgan fingerprint density at radius 1 is 1.38 bits per heavy atom. The number of ether oxygens (including phenoxy) is 1. The van der Waals surface area contributed by atoms with E-state index in [1.807, 2.05) is 6.07 Å². The summed E-state index contributed by atoms with van der Waals surface area (Å²) in [6, 6.07) is 8.88. The van der Waals surface area contributed by atoms with Gasteiger partial charge in [-0.15, -0.1) is 0 Å². The number of carbonyl (C=O) groups is 2. The standard InChI is InChI=1S/C8H8O2.CHClO/c1-10-8(9)7-5-3-2-4-6-7;2-1-3/h2-6H,1H3;1H. The maximum Gasteiger partial charge on any atom is 0.337 e. The Labute approximate surface area is 81.3 Å². The van der Waals surface area contributed by atoms with Crippen LogP contribution in [0.4, 0.5) is 0 Å². The van der Waals surface area contributed by atoms with Crippen LogP contribution in [0.1, 0.15) is 10.4 Å². The highest BCUT2D eigenvalue weighted by molar-refractivity contribution is 6.54. The molecule has 0 radical (unpaired) electrons. The van der Waals surface area contributed by atoms with Crippen molar-refractivity contribution >= 4 is 23.3 Å². The average molecular weight is 201 g/mol. The zero-order chi connectivity index (χ0) is 10.1. The molecule has 0 fully saturated rings. The van der Waals surface area contributed by atoms with Crippen LogP contribution in [0.5, 0.6) is 0 Å². The predicted molar refractivity (Wildman–Crippen MR) is 50.4 cm³/mol. The lowest BCUT2D eigenvalue weighted by Gasteiger charge is -1.95. The second kappa shape index (κ2) is 7.31. The van der Waals surface area contributed by atoms with Gasteiger partial charge in [-0.1, -0.05) is 18.2 Å². The minimum Gasteiger partial charge on any atom is -0.465 e. The van der Waals surface area contributed by atoms with E-state index < -0.39 is 0 Å². The molecule has 1 aromatic carbocycles. The largest absolute Gasteiger partial charge is 0.465 e. The first-order chi connectivity index (χ1) is 6.26. The quantitative estimate of drug-likeness (QED) is 0.395. The van der Waals surface area contributed by atoms with E-state index in [1.54, 1.807) is 24.3 Å². The molecule has 0 aliphatic heterocycles. The van der Waals surface area contributed by atoms with E-state index in [2.05, 4.69) is 16.3 Å². The summed E-state index contributed by atoms with van der Waals surface area (Å²) in [7, 11) is 1.37. The molecule has 0 spiro atoms. The summed E-state index contributed by atoms with van der Waals surface area (Å²) >= 11 is 4.32. The van der Waals surface area contributed by atoms with Gasteiger partial charge in [-0.2, -0.15) is 0 Å². The van der Waals surface area contributed by atoms with Crippen LogP contribution in [0.25, 0.3) is 0 Å². The van der Waals surface area contributed by atoms with Crippen LogP contribution in [0.2, 0.25) is 0 Å². The Kier molecular flexibility index (Phi) is 6.55. The molecule has 0 saturated carbocycles. The molecule has 3 nitrogen and oxygen atoms in total. The summed E-state index contributed by atoms with van der Waals surface area (Å²) < 4.78 is 4.50. The number of benzene rings is 1. The van der Waals surface area contributed by atoms with Gasteiger partial charge in [0.15, 0.2) is 0 Å². The Balaban J connectivity index is 0.000000424. The third-order valence-electron chi connectivity index (χ3n) is 1.19. The summed E-state index contributed by atoms with van der Waals surface area (Å²) in [6.07, 6.45) is 0. The molecule has 0 unspecified atom stereocenters. The average Bonchev–Trinajstić information content (AvgIpc) is 2.19. The van der Waals surface area contributed by atoms with E-state index in [9.17, 15) is 4.79 Å². The lowest BCUT2D eigenvalue weighted by Crippen LogP contribution is -1.99. The van der Waals surface area contributed by atoms with E-state index >= 15 is 0 Å². The van der Waals surface area contributed by atoms with E-state index in [-0.39, 0.29) is 11.7 Å². The maximum absolute atomic E-state index is 10.8. The van der Waals surface area contributed by atoms with E-state index in [0.717, 1.165) is 0 Å². The summed E-state index contributed by atoms with van der Waals surface area (Å²) in [4.78, 5) is 19.4. The first kappa shape index (κ1) is 11.6. The van der Waals surface area contributed by atoms with Crippen molar-refractivity contribution in [2.45, 2.75) is 0 Å². The minimum atomic E-state index is -0.291. The van der Waals surface area contributed by atoms with Gasteiger partial charge in [-0.05, 0) is 23.7 Å². The van der Waals surface area contributed by atoms with Crippen molar-refractivity contribution in [1.82, 2.24) is 0 Å². The zero-order valence-electron chi connectivity index (χ0n) is 7.07. The number of methoxy groups -OCH3 is 1. The SMILES string of the molecule is COC(=O)c1ccccc1.O=CCl. The Bertz CT molecular complexity index is 259. The minimum absolute atomic E-state index is 0.222. The maximum atomic E-state index is 10.8. The van der Waals surface area contributed by atoms with Gasteiger partial charge in [0.05, 0.1) is 12.7 Å². The summed E-state index contributed by atoms with van der Waals surface area (Å²) in [5.41, 5.74) is 0.588. The van der Waals surface area contributed by atoms with Crippen LogP contribution in [0, 0.1) is 0 Å². The molecule has 0 aromatic heterocycles. The molecule has 0 saturated heterocycles. The van der Waals surface area contributed by atoms with Crippen molar-refractivity contribution in [2.24, 2.45) is 0 Å². The smallest absolute Gasteiger partial charge is 0.337 e. The van der Waals surface area contributed by atoms with E-state index in [0.29, 0.717) is 5.56 Å². The molecule has 0 N–H and O–H groups in total. The Hall–Kier alpha value is -1.35. The van der Waals surface area contributed by atoms with Crippen LogP contribution in [-0.2, 0) is 9.53 Å². The van der Waals surface area contributed by atoms with Gasteiger partial charge < -0.3 is 4.74 Å². The van der Waals surface area contributed by atoms with Gasteiger partial charge in [0.25, 0.3) is 0 Å². The van der Waals surface area contributed by atoms with Crippen LogP contribution in [0.3, 0.4) is 0 Å². The molecular formula is C9H9ClO3. The van der Waals surface area contributed by atoms with E-state index in [4.69, 9.17) is 4.79 Å². The van der Waals surface area contributed by atoms with Crippen LogP contribution in [-0.4, -0.2) is 18.8 Å². The highest BCUT2D eigenvalue weighted by atomic mass is 35.5. The third kappa shape index (κ3) is 4.98. The molecule has 0 heterocycles. The predicted octanol–water partition coefficient (Wildman–Crippen LogP) is 1.89. The second-order valence-electron chi connectivity index (χ2n) is 1.95. The Morgan fingerprint density at radius 3 is 2.23 bits per heavy atom. The fourth-order valence-electron chi connectivity index (χ4n) is 0.692. The van der Waals surface area contributed by atoms with Crippen molar-refractivity contribution in [3.63, 3.8) is 0 Å². The highest BCUT2D eigenvalue weighted by Crippen LogP contribution is 1.98. The number of halogens is 1. The molecule has 1 aromatic rings. The highest BCUT2D eigenvalue weighted by Gasteiger charge is 2.00. The Morgan fingerprint density at radius 2 is 1.85 bits per heavy atom. The molecular weight excluding hydrogens is 192 g/mol. The van der Waals surface area contributed by atoms with Gasteiger partial charge >= 0.3 is 5.97 Å². The molecule has 0 aliphatic carbocycles. The van der Waals surface area contributed by atoms with E-state index in [1.165, 1.54) is 7.11 Å². The number of esters is 1.